The molecule has 0 spiro atoms. The summed E-state index contributed by atoms with van der Waals surface area (Å²) in [6.07, 6.45) is 5.05. The summed E-state index contributed by atoms with van der Waals surface area (Å²) in [5, 5.41) is 7.99. The minimum Gasteiger partial charge on any atom is -0.335 e. The molecule has 6 rings (SSSR count). The molecule has 1 aliphatic heterocycles. The van der Waals surface area contributed by atoms with Gasteiger partial charge >= 0.3 is 6.03 Å². The second kappa shape index (κ2) is 8.78. The van der Waals surface area contributed by atoms with Crippen LogP contribution in [0.3, 0.4) is 0 Å². The van der Waals surface area contributed by atoms with Crippen LogP contribution in [0.4, 0.5) is 9.93 Å². The van der Waals surface area contributed by atoms with Crippen molar-refractivity contribution >= 4 is 34.3 Å². The normalized spacial score (nSPS) is 25.1. The predicted molar refractivity (Wildman–Crippen MR) is 133 cm³/mol. The highest BCUT2D eigenvalue weighted by Crippen LogP contribution is 2.53. The number of anilines is 1. The molecule has 3 aromatic rings. The average molecular weight is 485 g/mol. The maximum Gasteiger partial charge on any atom is 0.321 e. The first-order valence-corrected chi connectivity index (χ1v) is 12.6. The number of carbonyl (C=O) groups is 3. The Morgan fingerprint density at radius 1 is 0.971 bits per heavy atom. The largest absolute Gasteiger partial charge is 0.335 e. The van der Waals surface area contributed by atoms with Crippen molar-refractivity contribution < 1.29 is 14.4 Å². The van der Waals surface area contributed by atoms with Gasteiger partial charge in [-0.1, -0.05) is 72.8 Å². The molecular weight excluding hydrogens is 460 g/mol. The average Bonchev–Trinajstić information content (AvgIpc) is 3.67. The van der Waals surface area contributed by atoms with E-state index >= 15 is 0 Å². The van der Waals surface area contributed by atoms with Crippen LogP contribution in [-0.2, 0) is 9.59 Å². The van der Waals surface area contributed by atoms with Gasteiger partial charge in [0.2, 0.25) is 11.8 Å². The third-order valence-corrected chi connectivity index (χ3v) is 8.01. The molecule has 2 fully saturated rings. The van der Waals surface area contributed by atoms with Crippen LogP contribution in [0.5, 0.6) is 0 Å². The SMILES string of the molecule is O=C(NCC(c1ccccc1)N1C(=O)C2C3C=CC(C3)C2C1=O)Nc1nc(-c2ccccc2)cs1. The highest BCUT2D eigenvalue weighted by atomic mass is 32.1. The van der Waals surface area contributed by atoms with Gasteiger partial charge in [-0.15, -0.1) is 11.3 Å². The van der Waals surface area contributed by atoms with Crippen molar-refractivity contribution in [2.75, 3.05) is 11.9 Å². The van der Waals surface area contributed by atoms with Gasteiger partial charge in [0.05, 0.1) is 23.6 Å². The van der Waals surface area contributed by atoms with E-state index in [0.717, 1.165) is 23.2 Å². The summed E-state index contributed by atoms with van der Waals surface area (Å²) in [4.78, 5) is 45.4. The van der Waals surface area contributed by atoms with Crippen LogP contribution in [0.15, 0.2) is 78.2 Å². The van der Waals surface area contributed by atoms with Gasteiger partial charge in [0, 0.05) is 17.5 Å². The van der Waals surface area contributed by atoms with Gasteiger partial charge in [0.15, 0.2) is 5.13 Å². The Labute approximate surface area is 206 Å². The molecule has 2 bridgehead atoms. The van der Waals surface area contributed by atoms with E-state index in [9.17, 15) is 14.4 Å². The number of hydrogen-bond donors (Lipinski definition) is 2. The fraction of sp³-hybridized carbons (Fsp3) is 0.259. The number of allylic oxidation sites excluding steroid dienone is 2. The summed E-state index contributed by atoms with van der Waals surface area (Å²) in [7, 11) is 0. The Kier molecular flexibility index (Phi) is 5.45. The number of thiazole rings is 1. The molecule has 1 aromatic heterocycles. The Bertz CT molecular complexity index is 1280. The number of hydrogen-bond acceptors (Lipinski definition) is 5. The molecule has 7 nitrogen and oxygen atoms in total. The van der Waals surface area contributed by atoms with Crippen LogP contribution in [0.25, 0.3) is 11.3 Å². The number of carbonyl (C=O) groups excluding carboxylic acids is 3. The molecule has 5 atom stereocenters. The number of rotatable bonds is 6. The lowest BCUT2D eigenvalue weighted by atomic mass is 9.85. The van der Waals surface area contributed by atoms with E-state index in [4.69, 9.17) is 0 Å². The number of fused-ring (bicyclic) bond motifs is 5. The van der Waals surface area contributed by atoms with Gasteiger partial charge in [-0.3, -0.25) is 19.8 Å². The van der Waals surface area contributed by atoms with E-state index in [-0.39, 0.29) is 42.0 Å². The molecule has 35 heavy (non-hydrogen) atoms. The quantitative estimate of drug-likeness (QED) is 0.399. The zero-order valence-electron chi connectivity index (χ0n) is 18.8. The summed E-state index contributed by atoms with van der Waals surface area (Å²) in [5.41, 5.74) is 2.58. The first-order chi connectivity index (χ1) is 17.1. The summed E-state index contributed by atoms with van der Waals surface area (Å²) in [5.74, 6) is -0.514. The first-order valence-electron chi connectivity index (χ1n) is 11.8. The first kappa shape index (κ1) is 21.7. The van der Waals surface area contributed by atoms with Gasteiger partial charge in [0.25, 0.3) is 0 Å². The van der Waals surface area contributed by atoms with Gasteiger partial charge in [-0.2, -0.15) is 0 Å². The van der Waals surface area contributed by atoms with Crippen molar-refractivity contribution in [3.8, 4) is 11.3 Å². The Hall–Kier alpha value is -3.78. The van der Waals surface area contributed by atoms with Crippen LogP contribution in [0.2, 0.25) is 0 Å². The molecule has 2 aromatic carbocycles. The number of nitrogens with one attached hydrogen (secondary N) is 2. The van der Waals surface area contributed by atoms with Gasteiger partial charge < -0.3 is 5.32 Å². The van der Waals surface area contributed by atoms with E-state index < -0.39 is 12.1 Å². The third-order valence-electron chi connectivity index (χ3n) is 7.25. The van der Waals surface area contributed by atoms with Gasteiger partial charge in [-0.25, -0.2) is 9.78 Å². The number of aromatic nitrogens is 1. The maximum absolute atomic E-state index is 13.4. The van der Waals surface area contributed by atoms with E-state index in [2.05, 4.69) is 27.8 Å². The molecule has 2 heterocycles. The number of likely N-dealkylation sites (tertiary alicyclic amines) is 1. The number of benzene rings is 2. The lowest BCUT2D eigenvalue weighted by Crippen LogP contribution is -2.43. The van der Waals surface area contributed by atoms with Crippen molar-refractivity contribution in [2.24, 2.45) is 23.7 Å². The van der Waals surface area contributed by atoms with Crippen LogP contribution < -0.4 is 10.6 Å². The Morgan fingerprint density at radius 2 is 1.60 bits per heavy atom. The molecule has 5 unspecified atom stereocenters. The van der Waals surface area contributed by atoms with E-state index in [0.29, 0.717) is 5.13 Å². The van der Waals surface area contributed by atoms with Crippen molar-refractivity contribution in [3.05, 3.63) is 83.8 Å². The van der Waals surface area contributed by atoms with Gasteiger partial charge in [0.1, 0.15) is 0 Å². The van der Waals surface area contributed by atoms with Crippen LogP contribution in [0, 0.1) is 23.7 Å². The molecule has 2 N–H and O–H groups in total. The maximum atomic E-state index is 13.4. The molecular formula is C27H24N4O3S. The van der Waals surface area contributed by atoms with Crippen molar-refractivity contribution in [3.63, 3.8) is 0 Å². The number of urea groups is 1. The fourth-order valence-corrected chi connectivity index (χ4v) is 6.38. The molecule has 176 valence electrons. The third kappa shape index (κ3) is 3.83. The fourth-order valence-electron chi connectivity index (χ4n) is 5.67. The van der Waals surface area contributed by atoms with Crippen molar-refractivity contribution in [1.82, 2.24) is 15.2 Å². The van der Waals surface area contributed by atoms with E-state index in [1.54, 1.807) is 0 Å². The minimum atomic E-state index is -0.567. The van der Waals surface area contributed by atoms with Crippen molar-refractivity contribution in [1.29, 1.82) is 0 Å². The number of imide groups is 1. The standard InChI is InChI=1S/C27H24N4O3S/c32-24-22-18-11-12-19(13-18)23(22)25(33)31(24)21(17-9-5-2-6-10-17)14-28-26(34)30-27-29-20(15-35-27)16-7-3-1-4-8-16/h1-12,15,18-19,21-23H,13-14H2,(H2,28,29,30,34). The van der Waals surface area contributed by atoms with Crippen molar-refractivity contribution in [2.45, 2.75) is 12.5 Å². The van der Waals surface area contributed by atoms with E-state index in [1.165, 1.54) is 16.2 Å². The predicted octanol–water partition coefficient (Wildman–Crippen LogP) is 4.48. The zero-order chi connectivity index (χ0) is 23.9. The molecule has 4 amide bonds. The molecule has 8 heteroatoms. The number of nitrogens with zero attached hydrogens (tertiary/aromatic N) is 2. The van der Waals surface area contributed by atoms with Gasteiger partial charge in [-0.05, 0) is 23.8 Å². The summed E-state index contributed by atoms with van der Waals surface area (Å²) >= 11 is 1.34. The highest BCUT2D eigenvalue weighted by molar-refractivity contribution is 7.14. The smallest absolute Gasteiger partial charge is 0.321 e. The monoisotopic (exact) mass is 484 g/mol. The molecule has 0 radical (unpaired) electrons. The Balaban J connectivity index is 1.17. The highest BCUT2D eigenvalue weighted by Gasteiger charge is 2.60. The second-order valence-electron chi connectivity index (χ2n) is 9.21. The topological polar surface area (TPSA) is 91.4 Å². The summed E-state index contributed by atoms with van der Waals surface area (Å²) in [6.45, 7) is 0.118. The summed E-state index contributed by atoms with van der Waals surface area (Å²) in [6, 6.07) is 18.2. The van der Waals surface area contributed by atoms with Crippen LogP contribution >= 0.6 is 11.3 Å². The summed E-state index contributed by atoms with van der Waals surface area (Å²) < 4.78 is 0. The van der Waals surface area contributed by atoms with Crippen LogP contribution in [-0.4, -0.2) is 34.3 Å². The van der Waals surface area contributed by atoms with E-state index in [1.807, 2.05) is 66.0 Å². The molecule has 1 saturated carbocycles. The zero-order valence-corrected chi connectivity index (χ0v) is 19.7. The molecule has 2 aliphatic carbocycles. The Morgan fingerprint density at radius 3 is 2.26 bits per heavy atom. The number of amides is 4. The lowest BCUT2D eigenvalue weighted by Gasteiger charge is -2.28. The van der Waals surface area contributed by atoms with Crippen LogP contribution in [0.1, 0.15) is 18.0 Å². The molecule has 1 saturated heterocycles. The minimum absolute atomic E-state index is 0.118. The second-order valence-corrected chi connectivity index (χ2v) is 10.1. The lowest BCUT2D eigenvalue weighted by molar-refractivity contribution is -0.143. The molecule has 3 aliphatic rings.